The van der Waals surface area contributed by atoms with Crippen LogP contribution < -0.4 is 4.90 Å². The molecule has 0 aliphatic rings. The standard InChI is InChI=1S/C14H16FNOS/c1-10(17)12-6-3-7-13(15)14(12)16(2)9-11-5-4-8-18-11/h3-8,10,17H,9H2,1-2H3. The van der Waals surface area contributed by atoms with Gasteiger partial charge in [0.05, 0.1) is 18.3 Å². The van der Waals surface area contributed by atoms with E-state index in [-0.39, 0.29) is 5.82 Å². The molecule has 1 unspecified atom stereocenters. The molecule has 2 nitrogen and oxygen atoms in total. The molecule has 4 heteroatoms. The quantitative estimate of drug-likeness (QED) is 0.913. The highest BCUT2D eigenvalue weighted by Gasteiger charge is 2.16. The monoisotopic (exact) mass is 265 g/mol. The third-order valence-electron chi connectivity index (χ3n) is 2.82. The van der Waals surface area contributed by atoms with E-state index in [2.05, 4.69) is 0 Å². The van der Waals surface area contributed by atoms with Crippen LogP contribution in [0.3, 0.4) is 0 Å². The highest BCUT2D eigenvalue weighted by molar-refractivity contribution is 7.09. The Bertz CT molecular complexity index is 511. The fourth-order valence-electron chi connectivity index (χ4n) is 1.99. The van der Waals surface area contributed by atoms with Crippen molar-refractivity contribution >= 4 is 17.0 Å². The van der Waals surface area contributed by atoms with Crippen molar-refractivity contribution in [3.8, 4) is 0 Å². The normalized spacial score (nSPS) is 12.4. The van der Waals surface area contributed by atoms with E-state index in [1.807, 2.05) is 29.5 Å². The highest BCUT2D eigenvalue weighted by atomic mass is 32.1. The maximum atomic E-state index is 13.9. The van der Waals surface area contributed by atoms with Gasteiger partial charge in [0.1, 0.15) is 5.82 Å². The van der Waals surface area contributed by atoms with Crippen molar-refractivity contribution in [3.63, 3.8) is 0 Å². The van der Waals surface area contributed by atoms with Crippen molar-refractivity contribution in [1.29, 1.82) is 0 Å². The molecule has 1 aromatic heterocycles. The summed E-state index contributed by atoms with van der Waals surface area (Å²) in [6.45, 7) is 2.29. The largest absolute Gasteiger partial charge is 0.389 e. The van der Waals surface area contributed by atoms with Crippen LogP contribution in [0, 0.1) is 5.82 Å². The topological polar surface area (TPSA) is 23.5 Å². The van der Waals surface area contributed by atoms with Gasteiger partial charge in [-0.3, -0.25) is 0 Å². The molecule has 1 N–H and O–H groups in total. The summed E-state index contributed by atoms with van der Waals surface area (Å²) in [6.07, 6.45) is -0.679. The zero-order chi connectivity index (χ0) is 13.1. The van der Waals surface area contributed by atoms with Gasteiger partial charge in [-0.25, -0.2) is 4.39 Å². The fraction of sp³-hybridized carbons (Fsp3) is 0.286. The number of anilines is 1. The van der Waals surface area contributed by atoms with E-state index in [0.717, 1.165) is 4.88 Å². The molecule has 0 spiro atoms. The van der Waals surface area contributed by atoms with Crippen molar-refractivity contribution in [1.82, 2.24) is 0 Å². The van der Waals surface area contributed by atoms with E-state index >= 15 is 0 Å². The number of para-hydroxylation sites is 1. The average molecular weight is 265 g/mol. The van der Waals surface area contributed by atoms with Crippen molar-refractivity contribution in [2.75, 3.05) is 11.9 Å². The number of hydrogen-bond acceptors (Lipinski definition) is 3. The Kier molecular flexibility index (Phi) is 3.99. The van der Waals surface area contributed by atoms with Crippen molar-refractivity contribution < 1.29 is 9.50 Å². The summed E-state index contributed by atoms with van der Waals surface area (Å²) in [4.78, 5) is 3.00. The second kappa shape index (κ2) is 5.50. The Labute approximate surface area is 110 Å². The molecule has 0 saturated heterocycles. The molecule has 2 rings (SSSR count). The predicted molar refractivity (Wildman–Crippen MR) is 73.5 cm³/mol. The molecule has 18 heavy (non-hydrogen) atoms. The third kappa shape index (κ3) is 2.71. The lowest BCUT2D eigenvalue weighted by Gasteiger charge is -2.23. The lowest BCUT2D eigenvalue weighted by molar-refractivity contribution is 0.199. The third-order valence-corrected chi connectivity index (χ3v) is 3.68. The van der Waals surface area contributed by atoms with Crippen LogP contribution in [0.1, 0.15) is 23.5 Å². The van der Waals surface area contributed by atoms with Crippen LogP contribution in [0.2, 0.25) is 0 Å². The summed E-state index contributed by atoms with van der Waals surface area (Å²) in [6, 6.07) is 8.80. The van der Waals surface area contributed by atoms with Gasteiger partial charge in [-0.2, -0.15) is 0 Å². The Morgan fingerprint density at radius 3 is 2.72 bits per heavy atom. The molecule has 0 amide bonds. The lowest BCUT2D eigenvalue weighted by Crippen LogP contribution is -2.19. The van der Waals surface area contributed by atoms with E-state index in [0.29, 0.717) is 17.8 Å². The molecule has 2 aromatic rings. The number of rotatable bonds is 4. The Morgan fingerprint density at radius 1 is 1.33 bits per heavy atom. The molecule has 0 saturated carbocycles. The van der Waals surface area contributed by atoms with Crippen molar-refractivity contribution in [3.05, 3.63) is 52.0 Å². The summed E-state index contributed by atoms with van der Waals surface area (Å²) in [5, 5.41) is 11.7. The van der Waals surface area contributed by atoms with Crippen LogP contribution in [0.4, 0.5) is 10.1 Å². The molecule has 1 atom stereocenters. The van der Waals surface area contributed by atoms with Gasteiger partial charge in [0.25, 0.3) is 0 Å². The number of aliphatic hydroxyl groups is 1. The summed E-state index contributed by atoms with van der Waals surface area (Å²) in [7, 11) is 1.84. The SMILES string of the molecule is CC(O)c1cccc(F)c1N(C)Cc1cccs1. The first-order chi connectivity index (χ1) is 8.59. The minimum atomic E-state index is -0.679. The fourth-order valence-corrected chi connectivity index (χ4v) is 2.74. The molecule has 0 bridgehead atoms. The van der Waals surface area contributed by atoms with Gasteiger partial charge in [0.15, 0.2) is 0 Å². The zero-order valence-corrected chi connectivity index (χ0v) is 11.2. The first-order valence-electron chi connectivity index (χ1n) is 5.79. The highest BCUT2D eigenvalue weighted by Crippen LogP contribution is 2.29. The number of thiophene rings is 1. The van der Waals surface area contributed by atoms with Gasteiger partial charge < -0.3 is 10.0 Å². The van der Waals surface area contributed by atoms with E-state index in [4.69, 9.17) is 0 Å². The summed E-state index contributed by atoms with van der Waals surface area (Å²) in [5.41, 5.74) is 1.09. The van der Waals surface area contributed by atoms with Gasteiger partial charge >= 0.3 is 0 Å². The van der Waals surface area contributed by atoms with Crippen LogP contribution in [-0.2, 0) is 6.54 Å². The number of halogens is 1. The van der Waals surface area contributed by atoms with Gasteiger partial charge in [0.2, 0.25) is 0 Å². The van der Waals surface area contributed by atoms with Crippen LogP contribution in [-0.4, -0.2) is 12.2 Å². The smallest absolute Gasteiger partial charge is 0.146 e. The van der Waals surface area contributed by atoms with Gasteiger partial charge in [-0.15, -0.1) is 11.3 Å². The molecular weight excluding hydrogens is 249 g/mol. The van der Waals surface area contributed by atoms with Crippen molar-refractivity contribution in [2.45, 2.75) is 19.6 Å². The van der Waals surface area contributed by atoms with Gasteiger partial charge in [0, 0.05) is 17.5 Å². The molecular formula is C14H16FNOS. The van der Waals surface area contributed by atoms with Crippen LogP contribution >= 0.6 is 11.3 Å². The first kappa shape index (κ1) is 13.1. The van der Waals surface area contributed by atoms with E-state index < -0.39 is 6.10 Å². The summed E-state index contributed by atoms with van der Waals surface area (Å²) in [5.74, 6) is -0.299. The summed E-state index contributed by atoms with van der Waals surface area (Å²) >= 11 is 1.64. The summed E-state index contributed by atoms with van der Waals surface area (Å²) < 4.78 is 13.9. The molecule has 0 aliphatic carbocycles. The maximum absolute atomic E-state index is 13.9. The van der Waals surface area contributed by atoms with Crippen LogP contribution in [0.25, 0.3) is 0 Å². The number of nitrogens with zero attached hydrogens (tertiary/aromatic N) is 1. The first-order valence-corrected chi connectivity index (χ1v) is 6.67. The van der Waals surface area contributed by atoms with Gasteiger partial charge in [-0.1, -0.05) is 18.2 Å². The van der Waals surface area contributed by atoms with E-state index in [1.54, 1.807) is 30.4 Å². The minimum absolute atomic E-state index is 0.299. The van der Waals surface area contributed by atoms with Crippen molar-refractivity contribution in [2.24, 2.45) is 0 Å². The molecule has 1 heterocycles. The van der Waals surface area contributed by atoms with Gasteiger partial charge in [-0.05, 0) is 24.4 Å². The second-order valence-electron chi connectivity index (χ2n) is 4.29. The number of hydrogen-bond donors (Lipinski definition) is 1. The Balaban J connectivity index is 2.31. The Morgan fingerprint density at radius 2 is 2.11 bits per heavy atom. The van der Waals surface area contributed by atoms with Crippen LogP contribution in [0.15, 0.2) is 35.7 Å². The zero-order valence-electron chi connectivity index (χ0n) is 10.4. The maximum Gasteiger partial charge on any atom is 0.146 e. The van der Waals surface area contributed by atoms with E-state index in [1.165, 1.54) is 6.07 Å². The van der Waals surface area contributed by atoms with E-state index in [9.17, 15) is 9.50 Å². The number of aliphatic hydroxyl groups excluding tert-OH is 1. The van der Waals surface area contributed by atoms with Crippen LogP contribution in [0.5, 0.6) is 0 Å². The lowest BCUT2D eigenvalue weighted by atomic mass is 10.1. The average Bonchev–Trinajstić information content (AvgIpc) is 2.81. The molecule has 0 fully saturated rings. The number of benzene rings is 1. The molecule has 0 radical (unpaired) electrons. The minimum Gasteiger partial charge on any atom is -0.389 e. The molecule has 96 valence electrons. The molecule has 1 aromatic carbocycles. The predicted octanol–water partition coefficient (Wildman–Crippen LogP) is 3.58. The molecule has 0 aliphatic heterocycles. The Hall–Kier alpha value is -1.39. The second-order valence-corrected chi connectivity index (χ2v) is 5.32.